The molecule has 1 saturated carbocycles. The maximum absolute atomic E-state index is 5.99. The summed E-state index contributed by atoms with van der Waals surface area (Å²) in [5, 5.41) is 3.42. The summed E-state index contributed by atoms with van der Waals surface area (Å²) >= 11 is 0. The first-order chi connectivity index (χ1) is 8.10. The van der Waals surface area contributed by atoms with Gasteiger partial charge in [-0.15, -0.1) is 0 Å². The van der Waals surface area contributed by atoms with E-state index >= 15 is 0 Å². The lowest BCUT2D eigenvalue weighted by atomic mass is 9.59. The van der Waals surface area contributed by atoms with Gasteiger partial charge in [0.05, 0.1) is 25.4 Å². The van der Waals surface area contributed by atoms with E-state index in [-0.39, 0.29) is 0 Å². The SMILES string of the molecule is CCC1(CC)C(NC)CC1OCCOC(C)C. The van der Waals surface area contributed by atoms with E-state index in [1.807, 2.05) is 0 Å². The van der Waals surface area contributed by atoms with Gasteiger partial charge >= 0.3 is 0 Å². The first kappa shape index (κ1) is 14.9. The summed E-state index contributed by atoms with van der Waals surface area (Å²) in [5.41, 5.74) is 0.340. The minimum absolute atomic E-state index is 0.298. The van der Waals surface area contributed by atoms with Crippen LogP contribution in [0.3, 0.4) is 0 Å². The first-order valence-electron chi connectivity index (χ1n) is 7.01. The monoisotopic (exact) mass is 243 g/mol. The van der Waals surface area contributed by atoms with E-state index in [0.717, 1.165) is 13.0 Å². The van der Waals surface area contributed by atoms with Crippen molar-refractivity contribution in [3.63, 3.8) is 0 Å². The van der Waals surface area contributed by atoms with Crippen molar-refractivity contribution >= 4 is 0 Å². The fourth-order valence-corrected chi connectivity index (χ4v) is 3.06. The summed E-state index contributed by atoms with van der Waals surface area (Å²) in [4.78, 5) is 0. The van der Waals surface area contributed by atoms with Crippen LogP contribution in [0.1, 0.15) is 47.0 Å². The molecule has 0 bridgehead atoms. The van der Waals surface area contributed by atoms with Crippen LogP contribution in [0.5, 0.6) is 0 Å². The molecule has 0 aliphatic heterocycles. The lowest BCUT2D eigenvalue weighted by Gasteiger charge is -2.55. The summed E-state index contributed by atoms with van der Waals surface area (Å²) in [6.07, 6.45) is 4.22. The van der Waals surface area contributed by atoms with Gasteiger partial charge < -0.3 is 14.8 Å². The van der Waals surface area contributed by atoms with Crippen molar-refractivity contribution in [3.8, 4) is 0 Å². The summed E-state index contributed by atoms with van der Waals surface area (Å²) in [6, 6.07) is 0.619. The van der Waals surface area contributed by atoms with Gasteiger partial charge in [0, 0.05) is 11.5 Å². The minimum atomic E-state index is 0.298. The molecule has 0 aromatic heterocycles. The van der Waals surface area contributed by atoms with E-state index in [9.17, 15) is 0 Å². The van der Waals surface area contributed by atoms with Gasteiger partial charge in [-0.1, -0.05) is 13.8 Å². The molecule has 2 atom stereocenters. The van der Waals surface area contributed by atoms with E-state index in [0.29, 0.717) is 30.3 Å². The maximum Gasteiger partial charge on any atom is 0.0704 e. The van der Waals surface area contributed by atoms with Gasteiger partial charge in [0.1, 0.15) is 0 Å². The lowest BCUT2D eigenvalue weighted by Crippen LogP contribution is -2.62. The van der Waals surface area contributed by atoms with Crippen molar-refractivity contribution < 1.29 is 9.47 Å². The topological polar surface area (TPSA) is 30.5 Å². The zero-order valence-electron chi connectivity index (χ0n) is 12.1. The average molecular weight is 243 g/mol. The molecule has 3 heteroatoms. The van der Waals surface area contributed by atoms with Crippen LogP contribution >= 0.6 is 0 Å². The van der Waals surface area contributed by atoms with E-state index in [1.54, 1.807) is 0 Å². The summed E-state index contributed by atoms with van der Waals surface area (Å²) in [5.74, 6) is 0. The van der Waals surface area contributed by atoms with Gasteiger partial charge in [0.2, 0.25) is 0 Å². The molecule has 3 nitrogen and oxygen atoms in total. The Morgan fingerprint density at radius 2 is 1.88 bits per heavy atom. The second-order valence-corrected chi connectivity index (χ2v) is 5.30. The Labute approximate surface area is 106 Å². The Bertz CT molecular complexity index is 214. The molecule has 0 spiro atoms. The molecule has 0 saturated heterocycles. The molecule has 0 heterocycles. The number of hydrogen-bond donors (Lipinski definition) is 1. The van der Waals surface area contributed by atoms with Crippen LogP contribution in [0.4, 0.5) is 0 Å². The van der Waals surface area contributed by atoms with Gasteiger partial charge in [-0.3, -0.25) is 0 Å². The molecule has 17 heavy (non-hydrogen) atoms. The van der Waals surface area contributed by atoms with E-state index in [2.05, 4.69) is 40.1 Å². The quantitative estimate of drug-likeness (QED) is 0.665. The molecule has 0 radical (unpaired) electrons. The molecule has 0 aromatic rings. The van der Waals surface area contributed by atoms with Crippen molar-refractivity contribution in [2.24, 2.45) is 5.41 Å². The van der Waals surface area contributed by atoms with Gasteiger partial charge in [0.25, 0.3) is 0 Å². The fourth-order valence-electron chi connectivity index (χ4n) is 3.06. The summed E-state index contributed by atoms with van der Waals surface area (Å²) in [6.45, 7) is 10.1. The third-order valence-corrected chi connectivity index (χ3v) is 4.30. The van der Waals surface area contributed by atoms with Crippen LogP contribution in [0.25, 0.3) is 0 Å². The summed E-state index contributed by atoms with van der Waals surface area (Å²) in [7, 11) is 2.06. The minimum Gasteiger partial charge on any atom is -0.376 e. The van der Waals surface area contributed by atoms with E-state index in [4.69, 9.17) is 9.47 Å². The highest BCUT2D eigenvalue weighted by atomic mass is 16.5. The van der Waals surface area contributed by atoms with Crippen molar-refractivity contribution in [1.82, 2.24) is 5.32 Å². The Hall–Kier alpha value is -0.120. The third kappa shape index (κ3) is 3.21. The van der Waals surface area contributed by atoms with Crippen LogP contribution in [0, 0.1) is 5.41 Å². The van der Waals surface area contributed by atoms with Crippen LogP contribution < -0.4 is 5.32 Å². The number of hydrogen-bond acceptors (Lipinski definition) is 3. The molecule has 1 aliphatic carbocycles. The highest BCUT2D eigenvalue weighted by Gasteiger charge is 2.52. The molecule has 0 aromatic carbocycles. The number of nitrogens with one attached hydrogen (secondary N) is 1. The Balaban J connectivity index is 2.34. The second kappa shape index (κ2) is 6.72. The van der Waals surface area contributed by atoms with Crippen LogP contribution in [-0.4, -0.2) is 38.5 Å². The Morgan fingerprint density at radius 3 is 2.35 bits per heavy atom. The largest absolute Gasteiger partial charge is 0.376 e. The molecule has 1 fully saturated rings. The average Bonchev–Trinajstić information content (AvgIpc) is 2.28. The molecular formula is C14H29NO2. The molecule has 1 rings (SSSR count). The molecule has 0 amide bonds. The van der Waals surface area contributed by atoms with Crippen molar-refractivity contribution in [1.29, 1.82) is 0 Å². The molecule has 1 aliphatic rings. The van der Waals surface area contributed by atoms with E-state index in [1.165, 1.54) is 12.8 Å². The molecule has 1 N–H and O–H groups in total. The van der Waals surface area contributed by atoms with Crippen LogP contribution in [-0.2, 0) is 9.47 Å². The van der Waals surface area contributed by atoms with Gasteiger partial charge in [-0.2, -0.15) is 0 Å². The number of rotatable bonds is 8. The predicted octanol–water partition coefficient (Wildman–Crippen LogP) is 2.59. The zero-order chi connectivity index (χ0) is 12.9. The second-order valence-electron chi connectivity index (χ2n) is 5.30. The van der Waals surface area contributed by atoms with E-state index < -0.39 is 0 Å². The van der Waals surface area contributed by atoms with Gasteiger partial charge in [0.15, 0.2) is 0 Å². The zero-order valence-corrected chi connectivity index (χ0v) is 12.1. The summed E-state index contributed by atoms with van der Waals surface area (Å²) < 4.78 is 11.5. The molecular weight excluding hydrogens is 214 g/mol. The van der Waals surface area contributed by atoms with Gasteiger partial charge in [-0.05, 0) is 40.2 Å². The Morgan fingerprint density at radius 1 is 1.24 bits per heavy atom. The van der Waals surface area contributed by atoms with Crippen molar-refractivity contribution in [2.75, 3.05) is 20.3 Å². The van der Waals surface area contributed by atoms with Crippen LogP contribution in [0.15, 0.2) is 0 Å². The van der Waals surface area contributed by atoms with Crippen molar-refractivity contribution in [3.05, 3.63) is 0 Å². The predicted molar refractivity (Wildman–Crippen MR) is 71.3 cm³/mol. The normalized spacial score (nSPS) is 27.2. The van der Waals surface area contributed by atoms with Crippen LogP contribution in [0.2, 0.25) is 0 Å². The van der Waals surface area contributed by atoms with Crippen molar-refractivity contribution in [2.45, 2.75) is 65.2 Å². The maximum atomic E-state index is 5.99. The molecule has 102 valence electrons. The highest BCUT2D eigenvalue weighted by Crippen LogP contribution is 2.48. The third-order valence-electron chi connectivity index (χ3n) is 4.30. The standard InChI is InChI=1S/C14H29NO2/c1-6-14(7-2)12(15-5)10-13(14)17-9-8-16-11(3)4/h11-13,15H,6-10H2,1-5H3. The highest BCUT2D eigenvalue weighted by molar-refractivity contribution is 5.06. The van der Waals surface area contributed by atoms with Gasteiger partial charge in [-0.25, -0.2) is 0 Å². The Kier molecular flexibility index (Phi) is 5.90. The lowest BCUT2D eigenvalue weighted by molar-refractivity contribution is -0.148. The smallest absolute Gasteiger partial charge is 0.0704 e. The molecule has 2 unspecified atom stereocenters. The fraction of sp³-hybridized carbons (Fsp3) is 1.00. The first-order valence-corrected chi connectivity index (χ1v) is 7.01. The number of ether oxygens (including phenoxy) is 2.